The fraction of sp³-hybridized carbons (Fsp3) is 0.300. The predicted octanol–water partition coefficient (Wildman–Crippen LogP) is 1.56. The van der Waals surface area contributed by atoms with Gasteiger partial charge in [-0.05, 0) is 12.1 Å². The Morgan fingerprint density at radius 3 is 2.40 bits per heavy atom. The van der Waals surface area contributed by atoms with Crippen LogP contribution >= 0.6 is 0 Å². The zero-order chi connectivity index (χ0) is 11.3. The summed E-state index contributed by atoms with van der Waals surface area (Å²) in [6.45, 7) is 1.25. The molecule has 0 unspecified atom stereocenters. The minimum absolute atomic E-state index is 0.313. The average Bonchev–Trinajstić information content (AvgIpc) is 2.25. The van der Waals surface area contributed by atoms with Gasteiger partial charge in [0.05, 0.1) is 14.2 Å². The first-order valence-corrected chi connectivity index (χ1v) is 4.24. The van der Waals surface area contributed by atoms with Crippen molar-refractivity contribution in [3.8, 4) is 17.2 Å². The second kappa shape index (κ2) is 5.09. The third kappa shape index (κ3) is 3.05. The molecular weight excluding hydrogens is 200 g/mol. The van der Waals surface area contributed by atoms with E-state index in [4.69, 9.17) is 14.4 Å². The molecule has 5 heteroatoms. The molecule has 0 bridgehead atoms. The molecule has 0 aliphatic rings. The highest BCUT2D eigenvalue weighted by molar-refractivity contribution is 5.65. The SMILES string of the molecule is COc1ccc(OOC(C)=O)c(OC)c1. The van der Waals surface area contributed by atoms with Crippen LogP contribution < -0.4 is 14.4 Å². The summed E-state index contributed by atoms with van der Waals surface area (Å²) < 4.78 is 10.0. The summed E-state index contributed by atoms with van der Waals surface area (Å²) in [6.07, 6.45) is 0. The maximum atomic E-state index is 10.5. The number of carbonyl (C=O) groups excluding carboxylic acids is 1. The lowest BCUT2D eigenvalue weighted by Gasteiger charge is -2.08. The van der Waals surface area contributed by atoms with Gasteiger partial charge in [-0.1, -0.05) is 0 Å². The molecule has 0 saturated carbocycles. The predicted molar refractivity (Wildman–Crippen MR) is 51.9 cm³/mol. The van der Waals surface area contributed by atoms with Gasteiger partial charge in [-0.3, -0.25) is 9.78 Å². The van der Waals surface area contributed by atoms with E-state index in [1.807, 2.05) is 0 Å². The lowest BCUT2D eigenvalue weighted by molar-refractivity contribution is -0.211. The number of ether oxygens (including phenoxy) is 2. The molecule has 0 radical (unpaired) electrons. The highest BCUT2D eigenvalue weighted by Crippen LogP contribution is 2.31. The zero-order valence-electron chi connectivity index (χ0n) is 8.77. The highest BCUT2D eigenvalue weighted by Gasteiger charge is 2.08. The van der Waals surface area contributed by atoms with E-state index < -0.39 is 5.97 Å². The van der Waals surface area contributed by atoms with Gasteiger partial charge in [0.15, 0.2) is 5.75 Å². The molecule has 0 aromatic heterocycles. The van der Waals surface area contributed by atoms with Crippen LogP contribution in [0.1, 0.15) is 6.92 Å². The first-order chi connectivity index (χ1) is 7.17. The van der Waals surface area contributed by atoms with E-state index in [0.29, 0.717) is 17.2 Å². The number of hydrogen-bond acceptors (Lipinski definition) is 5. The number of benzene rings is 1. The van der Waals surface area contributed by atoms with Gasteiger partial charge < -0.3 is 9.47 Å². The van der Waals surface area contributed by atoms with Crippen molar-refractivity contribution in [1.82, 2.24) is 0 Å². The van der Waals surface area contributed by atoms with Gasteiger partial charge in [0.25, 0.3) is 0 Å². The van der Waals surface area contributed by atoms with Gasteiger partial charge in [0, 0.05) is 13.0 Å². The number of carbonyl (C=O) groups is 1. The lowest BCUT2D eigenvalue weighted by atomic mass is 10.3. The van der Waals surface area contributed by atoms with E-state index in [-0.39, 0.29) is 0 Å². The molecule has 0 N–H and O–H groups in total. The summed E-state index contributed by atoms with van der Waals surface area (Å²) in [5.41, 5.74) is 0. The van der Waals surface area contributed by atoms with Crippen LogP contribution in [-0.2, 0) is 9.68 Å². The Morgan fingerprint density at radius 1 is 1.13 bits per heavy atom. The Morgan fingerprint density at radius 2 is 1.87 bits per heavy atom. The van der Waals surface area contributed by atoms with Crippen LogP contribution in [0.2, 0.25) is 0 Å². The summed E-state index contributed by atoms with van der Waals surface area (Å²) in [5.74, 6) is 0.832. The van der Waals surface area contributed by atoms with E-state index in [0.717, 1.165) is 0 Å². The van der Waals surface area contributed by atoms with Crippen molar-refractivity contribution in [1.29, 1.82) is 0 Å². The second-order valence-corrected chi connectivity index (χ2v) is 2.68. The smallest absolute Gasteiger partial charge is 0.352 e. The van der Waals surface area contributed by atoms with Gasteiger partial charge in [-0.2, -0.15) is 0 Å². The van der Waals surface area contributed by atoms with Crippen molar-refractivity contribution < 1.29 is 24.0 Å². The first kappa shape index (κ1) is 11.2. The average molecular weight is 212 g/mol. The van der Waals surface area contributed by atoms with Crippen LogP contribution in [0.25, 0.3) is 0 Å². The Kier molecular flexibility index (Phi) is 3.79. The summed E-state index contributed by atoms with van der Waals surface area (Å²) in [6, 6.07) is 4.88. The molecule has 1 rings (SSSR count). The molecule has 15 heavy (non-hydrogen) atoms. The Balaban J connectivity index is 2.82. The van der Waals surface area contributed by atoms with Gasteiger partial charge >= 0.3 is 5.97 Å². The molecule has 0 aliphatic heterocycles. The normalized spacial score (nSPS) is 9.27. The summed E-state index contributed by atoms with van der Waals surface area (Å²) in [5, 5.41) is 0. The van der Waals surface area contributed by atoms with Gasteiger partial charge in [-0.25, -0.2) is 4.79 Å². The van der Waals surface area contributed by atoms with Gasteiger partial charge in [0.2, 0.25) is 5.75 Å². The van der Waals surface area contributed by atoms with E-state index in [2.05, 4.69) is 4.89 Å². The van der Waals surface area contributed by atoms with Crippen molar-refractivity contribution in [2.24, 2.45) is 0 Å². The molecule has 0 heterocycles. The number of methoxy groups -OCH3 is 2. The highest BCUT2D eigenvalue weighted by atomic mass is 17.2. The monoisotopic (exact) mass is 212 g/mol. The number of rotatable bonds is 4. The molecule has 0 spiro atoms. The van der Waals surface area contributed by atoms with E-state index in [1.165, 1.54) is 14.0 Å². The summed E-state index contributed by atoms with van der Waals surface area (Å²) in [7, 11) is 3.02. The topological polar surface area (TPSA) is 54.0 Å². The van der Waals surface area contributed by atoms with Crippen LogP contribution in [0.4, 0.5) is 0 Å². The lowest BCUT2D eigenvalue weighted by Crippen LogP contribution is -2.03. The fourth-order valence-electron chi connectivity index (χ4n) is 0.947. The van der Waals surface area contributed by atoms with Crippen molar-refractivity contribution in [2.75, 3.05) is 14.2 Å². The minimum Gasteiger partial charge on any atom is -0.497 e. The molecule has 0 amide bonds. The van der Waals surface area contributed by atoms with Crippen LogP contribution in [0, 0.1) is 0 Å². The van der Waals surface area contributed by atoms with Gasteiger partial charge in [0.1, 0.15) is 5.75 Å². The maximum Gasteiger partial charge on any atom is 0.352 e. The molecular formula is C10H12O5. The third-order valence-electron chi connectivity index (χ3n) is 1.62. The van der Waals surface area contributed by atoms with Crippen LogP contribution in [-0.4, -0.2) is 20.2 Å². The molecule has 1 aromatic carbocycles. The summed E-state index contributed by atoms with van der Waals surface area (Å²) in [4.78, 5) is 19.7. The van der Waals surface area contributed by atoms with E-state index >= 15 is 0 Å². The zero-order valence-corrected chi connectivity index (χ0v) is 8.77. The van der Waals surface area contributed by atoms with E-state index in [1.54, 1.807) is 25.3 Å². The van der Waals surface area contributed by atoms with Gasteiger partial charge in [-0.15, -0.1) is 0 Å². The van der Waals surface area contributed by atoms with Crippen molar-refractivity contribution >= 4 is 5.97 Å². The van der Waals surface area contributed by atoms with Crippen LogP contribution in [0.5, 0.6) is 17.2 Å². The third-order valence-corrected chi connectivity index (χ3v) is 1.62. The largest absolute Gasteiger partial charge is 0.497 e. The second-order valence-electron chi connectivity index (χ2n) is 2.68. The number of hydrogen-bond donors (Lipinski definition) is 0. The molecule has 0 aliphatic carbocycles. The molecule has 5 nitrogen and oxygen atoms in total. The molecule has 0 saturated heterocycles. The van der Waals surface area contributed by atoms with Crippen molar-refractivity contribution in [3.05, 3.63) is 18.2 Å². The fourth-order valence-corrected chi connectivity index (χ4v) is 0.947. The van der Waals surface area contributed by atoms with E-state index in [9.17, 15) is 4.79 Å². The molecule has 1 aromatic rings. The Hall–Kier alpha value is -1.91. The standard InChI is InChI=1S/C10H12O5/c1-7(11)14-15-9-5-4-8(12-2)6-10(9)13-3/h4-6H,1-3H3. The minimum atomic E-state index is -0.534. The molecule has 82 valence electrons. The first-order valence-electron chi connectivity index (χ1n) is 4.24. The van der Waals surface area contributed by atoms with Crippen molar-refractivity contribution in [3.63, 3.8) is 0 Å². The Labute approximate surface area is 87.4 Å². The molecule has 0 fully saturated rings. The van der Waals surface area contributed by atoms with Crippen LogP contribution in [0.15, 0.2) is 18.2 Å². The molecule has 0 atom stereocenters. The Bertz CT molecular complexity index is 348. The maximum absolute atomic E-state index is 10.5. The van der Waals surface area contributed by atoms with Crippen LogP contribution in [0.3, 0.4) is 0 Å². The summed E-state index contributed by atoms with van der Waals surface area (Å²) >= 11 is 0. The quantitative estimate of drug-likeness (QED) is 0.560. The van der Waals surface area contributed by atoms with Crippen molar-refractivity contribution in [2.45, 2.75) is 6.92 Å².